The molecule has 0 aliphatic heterocycles. The van der Waals surface area contributed by atoms with Crippen LogP contribution in [0.25, 0.3) is 16.6 Å². The monoisotopic (exact) mass is 337 g/mol. The van der Waals surface area contributed by atoms with E-state index in [0.717, 1.165) is 39.9 Å². The highest BCUT2D eigenvalue weighted by Crippen LogP contribution is 2.41. The zero-order valence-corrected chi connectivity index (χ0v) is 14.2. The highest BCUT2D eigenvalue weighted by Gasteiger charge is 2.30. The predicted octanol–water partition coefficient (Wildman–Crippen LogP) is 1.56. The van der Waals surface area contributed by atoms with Gasteiger partial charge in [0.05, 0.1) is 17.6 Å². The molecule has 2 aromatic heterocycles. The van der Waals surface area contributed by atoms with Crippen molar-refractivity contribution in [2.75, 3.05) is 0 Å². The Morgan fingerprint density at radius 3 is 2.68 bits per heavy atom. The van der Waals surface area contributed by atoms with Gasteiger partial charge in [0.25, 0.3) is 5.56 Å². The first-order valence-corrected chi connectivity index (χ1v) is 8.30. The van der Waals surface area contributed by atoms with E-state index in [2.05, 4.69) is 10.2 Å². The van der Waals surface area contributed by atoms with Crippen LogP contribution in [0, 0.1) is 13.8 Å². The average Bonchev–Trinajstić information content (AvgIpc) is 3.30. The van der Waals surface area contributed by atoms with Crippen molar-refractivity contribution in [3.63, 3.8) is 0 Å². The van der Waals surface area contributed by atoms with Gasteiger partial charge in [-0.15, -0.1) is 0 Å². The van der Waals surface area contributed by atoms with Crippen LogP contribution in [0.2, 0.25) is 0 Å². The van der Waals surface area contributed by atoms with Crippen LogP contribution in [0.1, 0.15) is 35.6 Å². The molecule has 0 spiro atoms. The lowest BCUT2D eigenvalue weighted by Gasteiger charge is -2.10. The van der Waals surface area contributed by atoms with Crippen molar-refractivity contribution in [2.24, 2.45) is 5.73 Å². The van der Waals surface area contributed by atoms with Crippen molar-refractivity contribution in [3.05, 3.63) is 51.6 Å². The Balaban J connectivity index is 2.00. The number of benzene rings is 1. The van der Waals surface area contributed by atoms with Crippen LogP contribution in [0.4, 0.5) is 0 Å². The molecule has 2 N–H and O–H groups in total. The van der Waals surface area contributed by atoms with E-state index in [1.807, 2.05) is 32.0 Å². The van der Waals surface area contributed by atoms with E-state index in [1.54, 1.807) is 10.9 Å². The van der Waals surface area contributed by atoms with Crippen LogP contribution >= 0.6 is 0 Å². The van der Waals surface area contributed by atoms with Gasteiger partial charge in [-0.05, 0) is 49.9 Å². The zero-order chi connectivity index (χ0) is 17.7. The molecular formula is C18H19N5O2. The molecular weight excluding hydrogens is 318 g/mol. The van der Waals surface area contributed by atoms with E-state index in [-0.39, 0.29) is 12.1 Å². The number of carbonyl (C=O) groups is 1. The second-order valence-corrected chi connectivity index (χ2v) is 6.68. The van der Waals surface area contributed by atoms with Crippen LogP contribution in [0.3, 0.4) is 0 Å². The first-order chi connectivity index (χ1) is 12.0. The molecule has 3 aromatic rings. The number of hydrogen-bond acceptors (Lipinski definition) is 4. The summed E-state index contributed by atoms with van der Waals surface area (Å²) in [6.45, 7) is 3.83. The third kappa shape index (κ3) is 2.61. The molecule has 0 radical (unpaired) electrons. The quantitative estimate of drug-likeness (QED) is 0.781. The zero-order valence-electron chi connectivity index (χ0n) is 14.2. The predicted molar refractivity (Wildman–Crippen MR) is 93.8 cm³/mol. The standard InChI is InChI=1S/C18H19N5O2/c1-10-3-6-13(7-11(10)2)23-17-14(8-20-23)16(12-4-5-12)21-22(18(17)25)9-15(19)24/h3,6-8,12H,4-5,9H2,1-2H3,(H2,19,24). The third-order valence-electron chi connectivity index (χ3n) is 4.72. The lowest BCUT2D eigenvalue weighted by Crippen LogP contribution is -2.31. The molecule has 0 unspecified atom stereocenters. The fourth-order valence-corrected chi connectivity index (χ4v) is 3.06. The number of hydrogen-bond donors (Lipinski definition) is 1. The summed E-state index contributed by atoms with van der Waals surface area (Å²) in [7, 11) is 0. The maximum atomic E-state index is 12.9. The largest absolute Gasteiger partial charge is 0.368 e. The lowest BCUT2D eigenvalue weighted by molar-refractivity contribution is -0.118. The van der Waals surface area contributed by atoms with E-state index in [4.69, 9.17) is 5.73 Å². The third-order valence-corrected chi connectivity index (χ3v) is 4.72. The molecule has 25 heavy (non-hydrogen) atoms. The van der Waals surface area contributed by atoms with Gasteiger partial charge in [-0.2, -0.15) is 10.2 Å². The van der Waals surface area contributed by atoms with Crippen molar-refractivity contribution in [1.82, 2.24) is 19.6 Å². The topological polar surface area (TPSA) is 95.8 Å². The molecule has 4 rings (SSSR count). The molecule has 0 saturated heterocycles. The van der Waals surface area contributed by atoms with E-state index in [1.165, 1.54) is 5.56 Å². The number of amides is 1. The number of fused-ring (bicyclic) bond motifs is 1. The van der Waals surface area contributed by atoms with E-state index in [0.29, 0.717) is 11.4 Å². The SMILES string of the molecule is Cc1ccc(-n2ncc3c(C4CC4)nn(CC(N)=O)c(=O)c32)cc1C. The van der Waals surface area contributed by atoms with Crippen molar-refractivity contribution >= 4 is 16.8 Å². The Morgan fingerprint density at radius 2 is 2.04 bits per heavy atom. The summed E-state index contributed by atoms with van der Waals surface area (Å²) in [6.07, 6.45) is 3.76. The van der Waals surface area contributed by atoms with E-state index in [9.17, 15) is 9.59 Å². The van der Waals surface area contributed by atoms with Gasteiger partial charge < -0.3 is 5.73 Å². The smallest absolute Gasteiger partial charge is 0.293 e. The summed E-state index contributed by atoms with van der Waals surface area (Å²) in [6, 6.07) is 5.93. The highest BCUT2D eigenvalue weighted by atomic mass is 16.2. The summed E-state index contributed by atoms with van der Waals surface area (Å²) >= 11 is 0. The second-order valence-electron chi connectivity index (χ2n) is 6.68. The minimum absolute atomic E-state index is 0.230. The number of nitrogens with two attached hydrogens (primary N) is 1. The lowest BCUT2D eigenvalue weighted by atomic mass is 10.1. The Hall–Kier alpha value is -2.96. The Labute approximate surface area is 144 Å². The highest BCUT2D eigenvalue weighted by molar-refractivity contribution is 5.83. The fourth-order valence-electron chi connectivity index (χ4n) is 3.06. The first-order valence-electron chi connectivity index (χ1n) is 8.30. The molecule has 1 amide bonds. The summed E-state index contributed by atoms with van der Waals surface area (Å²) in [4.78, 5) is 24.2. The fraction of sp³-hybridized carbons (Fsp3) is 0.333. The number of rotatable bonds is 4. The van der Waals surface area contributed by atoms with Crippen LogP contribution in [-0.4, -0.2) is 25.5 Å². The van der Waals surface area contributed by atoms with Gasteiger partial charge >= 0.3 is 0 Å². The van der Waals surface area contributed by atoms with E-state index >= 15 is 0 Å². The van der Waals surface area contributed by atoms with Gasteiger partial charge in [0, 0.05) is 11.3 Å². The molecule has 7 heteroatoms. The minimum atomic E-state index is -0.590. The van der Waals surface area contributed by atoms with Crippen LogP contribution in [0.5, 0.6) is 0 Å². The maximum Gasteiger partial charge on any atom is 0.293 e. The maximum absolute atomic E-state index is 12.9. The number of nitrogens with zero attached hydrogens (tertiary/aromatic N) is 4. The molecule has 1 saturated carbocycles. The molecule has 1 aliphatic carbocycles. The number of aryl methyl sites for hydroxylation is 2. The molecule has 1 aliphatic rings. The van der Waals surface area contributed by atoms with Gasteiger partial charge in [0.1, 0.15) is 12.1 Å². The number of aromatic nitrogens is 4. The minimum Gasteiger partial charge on any atom is -0.368 e. The Kier molecular flexibility index (Phi) is 3.45. The molecule has 0 bridgehead atoms. The van der Waals surface area contributed by atoms with Crippen molar-refractivity contribution in [3.8, 4) is 5.69 Å². The number of primary amides is 1. The summed E-state index contributed by atoms with van der Waals surface area (Å²) in [5.41, 5.74) is 9.30. The second kappa shape index (κ2) is 5.54. The molecule has 1 aromatic carbocycles. The van der Waals surface area contributed by atoms with Gasteiger partial charge in [0.15, 0.2) is 0 Å². The Bertz CT molecular complexity index is 1060. The Morgan fingerprint density at radius 1 is 1.28 bits per heavy atom. The number of carbonyl (C=O) groups excluding carboxylic acids is 1. The van der Waals surface area contributed by atoms with Crippen molar-refractivity contribution in [2.45, 2.75) is 39.2 Å². The van der Waals surface area contributed by atoms with Gasteiger partial charge in [0.2, 0.25) is 5.91 Å². The molecule has 1 fully saturated rings. The summed E-state index contributed by atoms with van der Waals surface area (Å²) in [5.74, 6) is -0.271. The summed E-state index contributed by atoms with van der Waals surface area (Å²) in [5, 5.41) is 9.58. The molecule has 2 heterocycles. The van der Waals surface area contributed by atoms with Gasteiger partial charge in [-0.1, -0.05) is 6.07 Å². The van der Waals surface area contributed by atoms with Gasteiger partial charge in [-0.25, -0.2) is 9.36 Å². The molecule has 0 atom stereocenters. The average molecular weight is 337 g/mol. The van der Waals surface area contributed by atoms with Crippen LogP contribution in [0.15, 0.2) is 29.2 Å². The summed E-state index contributed by atoms with van der Waals surface area (Å²) < 4.78 is 2.80. The first kappa shape index (κ1) is 15.6. The molecule has 128 valence electrons. The van der Waals surface area contributed by atoms with Crippen molar-refractivity contribution in [1.29, 1.82) is 0 Å². The van der Waals surface area contributed by atoms with Crippen LogP contribution in [-0.2, 0) is 11.3 Å². The normalized spacial score (nSPS) is 14.2. The molecule has 7 nitrogen and oxygen atoms in total. The van der Waals surface area contributed by atoms with Crippen LogP contribution < -0.4 is 11.3 Å². The van der Waals surface area contributed by atoms with Crippen molar-refractivity contribution < 1.29 is 4.79 Å². The van der Waals surface area contributed by atoms with E-state index < -0.39 is 5.91 Å². The van der Waals surface area contributed by atoms with Gasteiger partial charge in [-0.3, -0.25) is 9.59 Å².